The van der Waals surface area contributed by atoms with Gasteiger partial charge in [0.05, 0.1) is 27.2 Å². The van der Waals surface area contributed by atoms with E-state index in [0.717, 1.165) is 55.6 Å². The summed E-state index contributed by atoms with van der Waals surface area (Å²) in [4.78, 5) is 12.3. The Balaban J connectivity index is 2.38. The number of hydrogen-bond donors (Lipinski definition) is 0. The summed E-state index contributed by atoms with van der Waals surface area (Å²) in [6, 6.07) is 4.24. The molecule has 4 nitrogen and oxygen atoms in total. The lowest BCUT2D eigenvalue weighted by atomic mass is 9.74. The summed E-state index contributed by atoms with van der Waals surface area (Å²) < 4.78 is 16.5. The maximum absolute atomic E-state index is 12.3. The molecule has 0 saturated heterocycles. The fourth-order valence-electron chi connectivity index (χ4n) is 3.99. The molecule has 0 N–H and O–H groups in total. The van der Waals surface area contributed by atoms with Crippen LogP contribution >= 0.6 is 0 Å². The van der Waals surface area contributed by atoms with E-state index in [9.17, 15) is 4.79 Å². The molecule has 0 aromatic heterocycles. The molecule has 1 fully saturated rings. The molecule has 4 heteroatoms. The van der Waals surface area contributed by atoms with E-state index in [4.69, 9.17) is 14.2 Å². The van der Waals surface area contributed by atoms with Gasteiger partial charge < -0.3 is 14.2 Å². The number of carbonyl (C=O) groups excluding carboxylic acids is 1. The Bertz CT molecular complexity index is 542. The van der Waals surface area contributed by atoms with Crippen molar-refractivity contribution in [1.82, 2.24) is 0 Å². The summed E-state index contributed by atoms with van der Waals surface area (Å²) in [5.74, 6) is 1.53. The van der Waals surface area contributed by atoms with E-state index in [0.29, 0.717) is 0 Å². The second kappa shape index (κ2) is 9.69. The summed E-state index contributed by atoms with van der Waals surface area (Å²) in [7, 11) is 4.87. The van der Waals surface area contributed by atoms with Crippen molar-refractivity contribution in [2.75, 3.05) is 21.3 Å². The number of rotatable bonds is 8. The Hall–Kier alpha value is -1.71. The molecule has 0 heterocycles. The van der Waals surface area contributed by atoms with E-state index in [1.165, 1.54) is 25.5 Å². The minimum Gasteiger partial charge on any atom is -0.496 e. The van der Waals surface area contributed by atoms with Crippen molar-refractivity contribution in [3.05, 3.63) is 23.3 Å². The summed E-state index contributed by atoms with van der Waals surface area (Å²) in [5.41, 5.74) is 2.26. The van der Waals surface area contributed by atoms with Gasteiger partial charge in [0.25, 0.3) is 0 Å². The van der Waals surface area contributed by atoms with E-state index in [-0.39, 0.29) is 17.8 Å². The first kappa shape index (κ1) is 19.6. The highest BCUT2D eigenvalue weighted by molar-refractivity contribution is 5.74. The van der Waals surface area contributed by atoms with Crippen LogP contribution in [0.2, 0.25) is 0 Å². The predicted octanol–water partition coefficient (Wildman–Crippen LogP) is 4.88. The van der Waals surface area contributed by atoms with Crippen LogP contribution in [0.5, 0.6) is 11.5 Å². The third-order valence-electron chi connectivity index (χ3n) is 5.31. The van der Waals surface area contributed by atoms with Crippen LogP contribution < -0.4 is 9.47 Å². The van der Waals surface area contributed by atoms with Gasteiger partial charge in [0.2, 0.25) is 0 Å². The van der Waals surface area contributed by atoms with Crippen molar-refractivity contribution >= 4 is 5.97 Å². The van der Waals surface area contributed by atoms with Crippen LogP contribution in [0.15, 0.2) is 12.1 Å². The van der Waals surface area contributed by atoms with E-state index in [1.54, 1.807) is 14.2 Å². The summed E-state index contributed by atoms with van der Waals surface area (Å²) in [6.07, 6.45) is 8.61. The molecule has 2 rings (SSSR count). The maximum Gasteiger partial charge on any atom is 0.309 e. The largest absolute Gasteiger partial charge is 0.496 e. The Kier molecular flexibility index (Phi) is 7.60. The van der Waals surface area contributed by atoms with Crippen molar-refractivity contribution in [2.24, 2.45) is 5.92 Å². The average Bonchev–Trinajstić information content (AvgIpc) is 2.66. The van der Waals surface area contributed by atoms with Crippen molar-refractivity contribution in [3.63, 3.8) is 0 Å². The number of carbonyl (C=O) groups is 1. The van der Waals surface area contributed by atoms with Crippen LogP contribution in [0.25, 0.3) is 0 Å². The van der Waals surface area contributed by atoms with Gasteiger partial charge in [-0.25, -0.2) is 0 Å². The van der Waals surface area contributed by atoms with Crippen LogP contribution in [0.3, 0.4) is 0 Å². The Morgan fingerprint density at radius 3 is 2.24 bits per heavy atom. The van der Waals surface area contributed by atoms with E-state index >= 15 is 0 Å². The molecule has 0 spiro atoms. The molecule has 2 atom stereocenters. The normalized spacial score (nSPS) is 20.2. The Morgan fingerprint density at radius 2 is 1.68 bits per heavy atom. The second-order valence-corrected chi connectivity index (χ2v) is 6.89. The maximum atomic E-state index is 12.3. The number of aryl methyl sites for hydroxylation is 1. The van der Waals surface area contributed by atoms with Gasteiger partial charge in [-0.05, 0) is 43.4 Å². The monoisotopic (exact) mass is 348 g/mol. The van der Waals surface area contributed by atoms with Gasteiger partial charge >= 0.3 is 5.97 Å². The van der Waals surface area contributed by atoms with Gasteiger partial charge in [0.1, 0.15) is 11.5 Å². The topological polar surface area (TPSA) is 44.8 Å². The summed E-state index contributed by atoms with van der Waals surface area (Å²) >= 11 is 0. The van der Waals surface area contributed by atoms with Crippen LogP contribution in [-0.4, -0.2) is 27.3 Å². The summed E-state index contributed by atoms with van der Waals surface area (Å²) in [6.45, 7) is 2.21. The fourth-order valence-corrected chi connectivity index (χ4v) is 3.99. The molecule has 0 radical (unpaired) electrons. The number of methoxy groups -OCH3 is 3. The third kappa shape index (κ3) is 4.68. The van der Waals surface area contributed by atoms with Gasteiger partial charge in [-0.3, -0.25) is 4.79 Å². The number of hydrogen-bond acceptors (Lipinski definition) is 4. The smallest absolute Gasteiger partial charge is 0.309 e. The minimum absolute atomic E-state index is 0.0933. The lowest BCUT2D eigenvalue weighted by molar-refractivity contribution is -0.147. The van der Waals surface area contributed by atoms with Gasteiger partial charge in [-0.15, -0.1) is 0 Å². The van der Waals surface area contributed by atoms with E-state index in [2.05, 4.69) is 19.1 Å². The molecule has 0 amide bonds. The molecule has 0 aliphatic heterocycles. The molecule has 1 aliphatic carbocycles. The van der Waals surface area contributed by atoms with Gasteiger partial charge in [0, 0.05) is 11.5 Å². The predicted molar refractivity (Wildman–Crippen MR) is 99.5 cm³/mol. The van der Waals surface area contributed by atoms with Crippen molar-refractivity contribution in [1.29, 1.82) is 0 Å². The first-order valence-corrected chi connectivity index (χ1v) is 9.48. The van der Waals surface area contributed by atoms with Crippen LogP contribution in [0.4, 0.5) is 0 Å². The lowest BCUT2D eigenvalue weighted by Crippen LogP contribution is -2.27. The lowest BCUT2D eigenvalue weighted by Gasteiger charge is -2.32. The Morgan fingerprint density at radius 1 is 1.04 bits per heavy atom. The zero-order valence-corrected chi connectivity index (χ0v) is 16.1. The number of ether oxygens (including phenoxy) is 3. The molecular weight excluding hydrogens is 316 g/mol. The molecule has 25 heavy (non-hydrogen) atoms. The molecule has 140 valence electrons. The van der Waals surface area contributed by atoms with E-state index < -0.39 is 0 Å². The average molecular weight is 348 g/mol. The molecular formula is C21H32O4. The van der Waals surface area contributed by atoms with Crippen LogP contribution in [0, 0.1) is 5.92 Å². The fraction of sp³-hybridized carbons (Fsp3) is 0.667. The quantitative estimate of drug-likeness (QED) is 0.496. The number of unbranched alkanes of at least 4 members (excludes halogenated alkanes) is 2. The van der Waals surface area contributed by atoms with E-state index in [1.807, 2.05) is 0 Å². The second-order valence-electron chi connectivity index (χ2n) is 6.89. The highest BCUT2D eigenvalue weighted by Crippen LogP contribution is 2.46. The third-order valence-corrected chi connectivity index (χ3v) is 5.31. The highest BCUT2D eigenvalue weighted by atomic mass is 16.5. The zero-order chi connectivity index (χ0) is 18.2. The molecule has 1 unspecified atom stereocenters. The van der Waals surface area contributed by atoms with Crippen LogP contribution in [0.1, 0.15) is 68.9 Å². The first-order valence-electron chi connectivity index (χ1n) is 9.48. The Labute approximate surface area is 151 Å². The molecule has 1 saturated carbocycles. The molecule has 1 aromatic rings. The SMILES string of the molecule is CCCCCc1cc(OC)c(C2CCCC[C@H]2C(=O)OC)c(OC)c1. The first-order chi connectivity index (χ1) is 12.2. The van der Waals surface area contributed by atoms with Crippen molar-refractivity contribution < 1.29 is 19.0 Å². The summed E-state index contributed by atoms with van der Waals surface area (Å²) in [5, 5.41) is 0. The highest BCUT2D eigenvalue weighted by Gasteiger charge is 2.36. The van der Waals surface area contributed by atoms with Gasteiger partial charge in [0.15, 0.2) is 0 Å². The molecule has 1 aromatic carbocycles. The molecule has 0 bridgehead atoms. The van der Waals surface area contributed by atoms with Gasteiger partial charge in [-0.2, -0.15) is 0 Å². The number of benzene rings is 1. The van der Waals surface area contributed by atoms with Crippen molar-refractivity contribution in [3.8, 4) is 11.5 Å². The van der Waals surface area contributed by atoms with Crippen molar-refractivity contribution in [2.45, 2.75) is 64.2 Å². The van der Waals surface area contributed by atoms with Gasteiger partial charge in [-0.1, -0.05) is 32.6 Å². The minimum atomic E-state index is -0.124. The number of esters is 1. The zero-order valence-electron chi connectivity index (χ0n) is 16.1. The molecule has 1 aliphatic rings. The standard InChI is InChI=1S/C21H32O4/c1-5-6-7-10-15-13-18(23-2)20(19(14-15)24-3)16-11-8-9-12-17(16)21(22)25-4/h13-14,16-17H,5-12H2,1-4H3/t16?,17-/m1/s1. The van der Waals surface area contributed by atoms with Crippen LogP contribution in [-0.2, 0) is 16.0 Å².